The van der Waals surface area contributed by atoms with Gasteiger partial charge in [-0.2, -0.15) is 0 Å². The van der Waals surface area contributed by atoms with E-state index in [2.05, 4.69) is 36.5 Å². The lowest BCUT2D eigenvalue weighted by molar-refractivity contribution is 0.354. The lowest BCUT2D eigenvalue weighted by Gasteiger charge is -2.18. The van der Waals surface area contributed by atoms with E-state index < -0.39 is 0 Å². The molecule has 0 spiro atoms. The summed E-state index contributed by atoms with van der Waals surface area (Å²) >= 11 is 0. The van der Waals surface area contributed by atoms with Crippen LogP contribution in [0.3, 0.4) is 0 Å². The Balaban J connectivity index is 1.78. The van der Waals surface area contributed by atoms with Gasteiger partial charge in [0.2, 0.25) is 0 Å². The lowest BCUT2D eigenvalue weighted by Crippen LogP contribution is -2.07. The molecule has 1 aliphatic carbocycles. The fraction of sp³-hybridized carbons (Fsp3) is 0.368. The van der Waals surface area contributed by atoms with Gasteiger partial charge in [-0.1, -0.05) is 12.1 Å². The van der Waals surface area contributed by atoms with Crippen molar-refractivity contribution in [2.45, 2.75) is 32.2 Å². The Hall–Kier alpha value is -2.16. The van der Waals surface area contributed by atoms with Gasteiger partial charge in [-0.25, -0.2) is 0 Å². The van der Waals surface area contributed by atoms with Crippen molar-refractivity contribution in [3.05, 3.63) is 53.1 Å². The molecule has 1 atom stereocenters. The van der Waals surface area contributed by atoms with Crippen LogP contribution in [0, 0.1) is 0 Å². The normalized spacial score (nSPS) is 14.3. The number of nitrogens with one attached hydrogen (secondary N) is 1. The van der Waals surface area contributed by atoms with E-state index in [0.717, 1.165) is 11.5 Å². The number of aryl methyl sites for hydroxylation is 2. The van der Waals surface area contributed by atoms with E-state index in [1.807, 2.05) is 12.1 Å². The molecule has 0 aliphatic heterocycles. The van der Waals surface area contributed by atoms with Crippen molar-refractivity contribution < 1.29 is 9.47 Å². The van der Waals surface area contributed by atoms with Gasteiger partial charge < -0.3 is 14.8 Å². The zero-order valence-electron chi connectivity index (χ0n) is 13.5. The molecular weight excluding hydrogens is 274 g/mol. The first kappa shape index (κ1) is 14.8. The maximum Gasteiger partial charge on any atom is 0.161 e. The van der Waals surface area contributed by atoms with E-state index >= 15 is 0 Å². The zero-order chi connectivity index (χ0) is 15.5. The molecule has 1 unspecified atom stereocenters. The molecule has 1 N–H and O–H groups in total. The second-order valence-corrected chi connectivity index (χ2v) is 5.82. The van der Waals surface area contributed by atoms with Crippen LogP contribution >= 0.6 is 0 Å². The van der Waals surface area contributed by atoms with Crippen molar-refractivity contribution in [1.29, 1.82) is 0 Å². The smallest absolute Gasteiger partial charge is 0.161 e. The Kier molecular flexibility index (Phi) is 4.23. The van der Waals surface area contributed by atoms with Crippen LogP contribution in [-0.2, 0) is 12.8 Å². The topological polar surface area (TPSA) is 30.5 Å². The number of hydrogen-bond acceptors (Lipinski definition) is 3. The summed E-state index contributed by atoms with van der Waals surface area (Å²) in [4.78, 5) is 0. The largest absolute Gasteiger partial charge is 0.493 e. The Labute approximate surface area is 132 Å². The number of methoxy groups -OCH3 is 2. The minimum Gasteiger partial charge on any atom is -0.493 e. The van der Waals surface area contributed by atoms with E-state index in [9.17, 15) is 0 Å². The predicted molar refractivity (Wildman–Crippen MR) is 90.1 cm³/mol. The molecule has 0 fully saturated rings. The Morgan fingerprint density at radius 2 is 1.68 bits per heavy atom. The molecule has 0 saturated carbocycles. The SMILES string of the molecule is COc1ccc(C(C)Nc2ccc3c(c2)CCC3)cc1OC. The molecule has 3 nitrogen and oxygen atoms in total. The van der Waals surface area contributed by atoms with Crippen molar-refractivity contribution in [2.75, 3.05) is 19.5 Å². The van der Waals surface area contributed by atoms with Gasteiger partial charge in [0.25, 0.3) is 0 Å². The average molecular weight is 297 g/mol. The van der Waals surface area contributed by atoms with Crippen LogP contribution in [0.4, 0.5) is 5.69 Å². The van der Waals surface area contributed by atoms with Crippen molar-refractivity contribution in [1.82, 2.24) is 0 Å². The first-order valence-electron chi connectivity index (χ1n) is 7.81. The summed E-state index contributed by atoms with van der Waals surface area (Å²) in [6.07, 6.45) is 3.71. The van der Waals surface area contributed by atoms with Gasteiger partial charge in [-0.05, 0) is 67.1 Å². The van der Waals surface area contributed by atoms with Gasteiger partial charge in [0, 0.05) is 11.7 Å². The number of hydrogen-bond donors (Lipinski definition) is 1. The van der Waals surface area contributed by atoms with Crippen LogP contribution in [-0.4, -0.2) is 14.2 Å². The molecule has 1 aliphatic rings. The van der Waals surface area contributed by atoms with Crippen LogP contribution in [0.15, 0.2) is 36.4 Å². The molecule has 0 bridgehead atoms. The van der Waals surface area contributed by atoms with Crippen molar-refractivity contribution >= 4 is 5.69 Å². The van der Waals surface area contributed by atoms with Gasteiger partial charge in [0.05, 0.1) is 14.2 Å². The molecule has 3 heteroatoms. The van der Waals surface area contributed by atoms with E-state index in [4.69, 9.17) is 9.47 Å². The maximum atomic E-state index is 5.38. The minimum atomic E-state index is 0.208. The molecule has 0 saturated heterocycles. The zero-order valence-corrected chi connectivity index (χ0v) is 13.5. The quantitative estimate of drug-likeness (QED) is 0.889. The molecule has 0 heterocycles. The summed E-state index contributed by atoms with van der Waals surface area (Å²) in [7, 11) is 3.32. The number of benzene rings is 2. The highest BCUT2D eigenvalue weighted by atomic mass is 16.5. The van der Waals surface area contributed by atoms with Gasteiger partial charge in [0.1, 0.15) is 0 Å². The number of anilines is 1. The summed E-state index contributed by atoms with van der Waals surface area (Å²) in [6.45, 7) is 2.16. The summed E-state index contributed by atoms with van der Waals surface area (Å²) < 4.78 is 10.7. The summed E-state index contributed by atoms with van der Waals surface area (Å²) in [5.74, 6) is 1.53. The number of ether oxygens (including phenoxy) is 2. The van der Waals surface area contributed by atoms with E-state index in [1.165, 1.54) is 41.6 Å². The van der Waals surface area contributed by atoms with E-state index in [1.54, 1.807) is 14.2 Å². The summed E-state index contributed by atoms with van der Waals surface area (Å²) in [5.41, 5.74) is 5.36. The van der Waals surface area contributed by atoms with Gasteiger partial charge in [-0.15, -0.1) is 0 Å². The summed E-state index contributed by atoms with van der Waals surface area (Å²) in [5, 5.41) is 3.58. The average Bonchev–Trinajstić information content (AvgIpc) is 3.01. The molecule has 116 valence electrons. The van der Waals surface area contributed by atoms with Crippen molar-refractivity contribution in [3.63, 3.8) is 0 Å². The Bertz CT molecular complexity index is 666. The second-order valence-electron chi connectivity index (χ2n) is 5.82. The summed E-state index contributed by atoms with van der Waals surface area (Å²) in [6, 6.07) is 13.0. The molecule has 2 aromatic rings. The standard InChI is InChI=1S/C19H23NO2/c1-13(15-8-10-18(21-2)19(12-15)22-3)20-17-9-7-14-5-4-6-16(14)11-17/h7-13,20H,4-6H2,1-3H3. The van der Waals surface area contributed by atoms with Crippen LogP contribution in [0.5, 0.6) is 11.5 Å². The minimum absolute atomic E-state index is 0.208. The van der Waals surface area contributed by atoms with E-state index in [-0.39, 0.29) is 6.04 Å². The van der Waals surface area contributed by atoms with Gasteiger partial charge >= 0.3 is 0 Å². The van der Waals surface area contributed by atoms with Crippen LogP contribution < -0.4 is 14.8 Å². The molecule has 0 radical (unpaired) electrons. The third-order valence-electron chi connectivity index (χ3n) is 4.39. The highest BCUT2D eigenvalue weighted by molar-refractivity contribution is 5.52. The fourth-order valence-electron chi connectivity index (χ4n) is 3.12. The van der Waals surface area contributed by atoms with Crippen molar-refractivity contribution in [2.24, 2.45) is 0 Å². The van der Waals surface area contributed by atoms with Gasteiger partial charge in [0.15, 0.2) is 11.5 Å². The van der Waals surface area contributed by atoms with Crippen molar-refractivity contribution in [3.8, 4) is 11.5 Å². The van der Waals surface area contributed by atoms with E-state index in [0.29, 0.717) is 0 Å². The fourth-order valence-corrected chi connectivity index (χ4v) is 3.12. The first-order chi connectivity index (χ1) is 10.7. The van der Waals surface area contributed by atoms with Crippen LogP contribution in [0.1, 0.15) is 36.1 Å². The molecule has 0 aromatic heterocycles. The highest BCUT2D eigenvalue weighted by Crippen LogP contribution is 2.32. The Morgan fingerprint density at radius 3 is 2.45 bits per heavy atom. The third kappa shape index (κ3) is 2.89. The molecule has 3 rings (SSSR count). The number of fused-ring (bicyclic) bond motifs is 1. The molecule has 2 aromatic carbocycles. The first-order valence-corrected chi connectivity index (χ1v) is 7.81. The number of rotatable bonds is 5. The van der Waals surface area contributed by atoms with Crippen LogP contribution in [0.2, 0.25) is 0 Å². The maximum absolute atomic E-state index is 5.38. The predicted octanol–water partition coefficient (Wildman–Crippen LogP) is 4.37. The molecule has 22 heavy (non-hydrogen) atoms. The Morgan fingerprint density at radius 1 is 0.909 bits per heavy atom. The molecule has 0 amide bonds. The van der Waals surface area contributed by atoms with Gasteiger partial charge in [-0.3, -0.25) is 0 Å². The van der Waals surface area contributed by atoms with Crippen LogP contribution in [0.25, 0.3) is 0 Å². The monoisotopic (exact) mass is 297 g/mol. The third-order valence-corrected chi connectivity index (χ3v) is 4.39. The molecular formula is C19H23NO2. The highest BCUT2D eigenvalue weighted by Gasteiger charge is 2.13. The second kappa shape index (κ2) is 6.30. The lowest BCUT2D eigenvalue weighted by atomic mass is 10.1.